The van der Waals surface area contributed by atoms with Crippen LogP contribution in [0.1, 0.15) is 59.9 Å². The number of nitro benzene ring substituents is 2. The Labute approximate surface area is 534 Å². The molecule has 0 saturated carbocycles. The van der Waals surface area contributed by atoms with Gasteiger partial charge in [-0.2, -0.15) is 28.7 Å². The number of aliphatic hydroxyl groups excluding tert-OH is 1. The number of fused-ring (bicyclic) bond motifs is 2. The van der Waals surface area contributed by atoms with Gasteiger partial charge in [-0.25, -0.2) is 43.5 Å². The predicted octanol–water partition coefficient (Wildman–Crippen LogP) is 5.11. The molecule has 11 rings (SSSR count). The van der Waals surface area contributed by atoms with Gasteiger partial charge in [0.1, 0.15) is 49.5 Å². The first-order chi connectivity index (χ1) is 46.2. The number of anilines is 2. The van der Waals surface area contributed by atoms with Gasteiger partial charge < -0.3 is 90.4 Å². The topological polar surface area (TPSA) is 536 Å². The number of benzene rings is 2. The molecule has 42 heteroatoms. The van der Waals surface area contributed by atoms with Crippen molar-refractivity contribution in [2.75, 3.05) is 24.7 Å². The van der Waals surface area contributed by atoms with Crippen LogP contribution < -0.4 is 38.4 Å². The molecule has 2 aromatic carbocycles. The third kappa shape index (κ3) is 15.9. The lowest BCUT2D eigenvalue weighted by molar-refractivity contribution is -0.385. The van der Waals surface area contributed by atoms with Crippen LogP contribution in [0, 0.1) is 77.8 Å². The summed E-state index contributed by atoms with van der Waals surface area (Å²) in [7, 11) is 0. The first-order valence-corrected chi connectivity index (χ1v) is 27.1. The van der Waals surface area contributed by atoms with Crippen LogP contribution in [-0.2, 0) is 57.7 Å². The minimum absolute atomic E-state index is 0.0381. The van der Waals surface area contributed by atoms with Crippen molar-refractivity contribution in [3.05, 3.63) is 160 Å². The Morgan fingerprint density at radius 2 is 0.979 bits per heavy atom. The molecule has 40 nitrogen and oxygen atoms in total. The molecule has 0 spiro atoms. The fourth-order valence-corrected chi connectivity index (χ4v) is 8.88. The Morgan fingerprint density at radius 1 is 0.598 bits per heavy atom. The number of hydrogen-bond acceptors (Lipinski definition) is 36. The molecule has 0 amide bonds. The van der Waals surface area contributed by atoms with Crippen molar-refractivity contribution in [2.45, 2.75) is 89.3 Å². The predicted molar refractivity (Wildman–Crippen MR) is 304 cm³/mol. The zero-order chi connectivity index (χ0) is 70.0. The number of halogens is 2. The third-order valence-corrected chi connectivity index (χ3v) is 13.6. The van der Waals surface area contributed by atoms with E-state index in [-0.39, 0.29) is 105 Å². The lowest BCUT2D eigenvalue weighted by Gasteiger charge is -2.27. The van der Waals surface area contributed by atoms with E-state index in [9.17, 15) is 62.6 Å². The van der Waals surface area contributed by atoms with E-state index in [1.54, 1.807) is 6.92 Å². The smallest absolute Gasteiger partial charge is 0.430 e. The molecule has 5 N–H and O–H groups in total. The van der Waals surface area contributed by atoms with Gasteiger partial charge >= 0.3 is 54.2 Å². The van der Waals surface area contributed by atoms with E-state index in [4.69, 9.17) is 90.0 Å². The number of nitrogens with zero attached hydrogens (tertiary/aromatic N) is 10. The summed E-state index contributed by atoms with van der Waals surface area (Å²) in [6.45, 7) is 1.59. The van der Waals surface area contributed by atoms with Crippen LogP contribution in [-0.4, -0.2) is 115 Å². The molecule has 0 bridgehead atoms. The maximum atomic E-state index is 14.0. The highest BCUT2D eigenvalue weighted by Crippen LogP contribution is 2.42. The molecule has 7 aromatic heterocycles. The van der Waals surface area contributed by atoms with Crippen LogP contribution in [0.5, 0.6) is 11.5 Å². The van der Waals surface area contributed by atoms with Gasteiger partial charge in [0.2, 0.25) is 11.2 Å². The molecule has 9 heterocycles. The monoisotopic (exact) mass is 1360 g/mol. The molecule has 0 unspecified atom stereocenters. The van der Waals surface area contributed by atoms with E-state index < -0.39 is 126 Å². The van der Waals surface area contributed by atoms with Crippen LogP contribution in [0.15, 0.2) is 102 Å². The molecule has 2 saturated heterocycles. The fraction of sp³-hybridized carbons (Fsp3) is 0.291. The number of nitrogens with two attached hydrogens (primary N) is 2. The number of imidazole rings is 2. The third-order valence-electron chi connectivity index (χ3n) is 13.6. The molecule has 2 fully saturated rings. The average Bonchev–Trinajstić information content (AvgIpc) is 1.61. The highest BCUT2D eigenvalue weighted by atomic mass is 19.1. The number of hydrogen-bond donors (Lipinski definition) is 3. The second-order valence-electron chi connectivity index (χ2n) is 19.6. The molecule has 9 aromatic rings. The van der Waals surface area contributed by atoms with Crippen LogP contribution in [0.3, 0.4) is 0 Å². The summed E-state index contributed by atoms with van der Waals surface area (Å²) in [6.07, 6.45) is 1.22. The summed E-state index contributed by atoms with van der Waals surface area (Å²) < 4.78 is 111. The number of ether oxygens (including phenoxy) is 10. The number of terminal acetylenes is 2. The van der Waals surface area contributed by atoms with Crippen LogP contribution >= 0.6 is 0 Å². The number of aryl methyl sites for hydroxylation is 3. The van der Waals surface area contributed by atoms with Crippen molar-refractivity contribution in [3.8, 4) is 36.2 Å². The fourth-order valence-electron chi connectivity index (χ4n) is 8.88. The van der Waals surface area contributed by atoms with Gasteiger partial charge in [-0.3, -0.25) is 29.4 Å². The second kappa shape index (κ2) is 28.8. The van der Waals surface area contributed by atoms with Crippen LogP contribution in [0.25, 0.3) is 22.3 Å². The van der Waals surface area contributed by atoms with E-state index in [1.807, 2.05) is 0 Å². The Morgan fingerprint density at radius 3 is 1.35 bits per heavy atom. The minimum Gasteiger partial charge on any atom is -0.430 e. The molecule has 0 aliphatic carbocycles. The van der Waals surface area contributed by atoms with Gasteiger partial charge in [0.15, 0.2) is 88.2 Å². The summed E-state index contributed by atoms with van der Waals surface area (Å²) in [5, 5.41) is 30.2. The van der Waals surface area contributed by atoms with E-state index in [0.717, 1.165) is 48.5 Å². The largest absolute Gasteiger partial charge is 0.519 e. The summed E-state index contributed by atoms with van der Waals surface area (Å²) in [6, 6.07) is 9.06. The number of rotatable bonds is 17. The molecule has 2 aliphatic heterocycles. The molecular weight excluding hydrogens is 1310 g/mol. The van der Waals surface area contributed by atoms with Crippen molar-refractivity contribution < 1.29 is 117 Å². The van der Waals surface area contributed by atoms with Crippen molar-refractivity contribution >= 4 is 70.0 Å². The number of aliphatic hydroxyl groups is 1. The Balaban J connectivity index is 0.000000201. The van der Waals surface area contributed by atoms with Gasteiger partial charge in [-0.05, 0) is 45.0 Å². The second-order valence-corrected chi connectivity index (χ2v) is 19.6. The summed E-state index contributed by atoms with van der Waals surface area (Å²) in [5.41, 5.74) is 7.00. The Kier molecular flexibility index (Phi) is 20.3. The summed E-state index contributed by atoms with van der Waals surface area (Å²) >= 11 is 0. The molecule has 97 heavy (non-hydrogen) atoms. The van der Waals surface area contributed by atoms with E-state index in [0.29, 0.717) is 5.76 Å². The number of carbonyl (C=O) groups excluding carboxylic acids is 4. The maximum Gasteiger partial charge on any atom is 0.519 e. The van der Waals surface area contributed by atoms with Gasteiger partial charge in [0.25, 0.3) is 11.4 Å². The van der Waals surface area contributed by atoms with Crippen molar-refractivity contribution in [2.24, 2.45) is 0 Å². The molecule has 506 valence electrons. The first kappa shape index (κ1) is 68.3. The zero-order valence-corrected chi connectivity index (χ0v) is 49.5. The molecular formula is C55H44F2N12O28. The zero-order valence-electron chi connectivity index (χ0n) is 49.5. The quantitative estimate of drug-likeness (QED) is 0.0203. The van der Waals surface area contributed by atoms with E-state index >= 15 is 0 Å². The Hall–Kier alpha value is -13.1. The van der Waals surface area contributed by atoms with E-state index in [1.165, 1.54) is 35.6 Å². The average molecular weight is 1360 g/mol. The molecule has 2 aliphatic rings. The van der Waals surface area contributed by atoms with Gasteiger partial charge in [0.05, 0.1) is 22.5 Å². The SMILES string of the molecule is C#C[C@]1(COC(=O)OCc2oc(=O)oc2C)O[C@@H](n2cnc3c(N)nc(F)nc32)C[C@@H]1OC(=O)OCc1oc(=O)oc1C.C#C[C@]1(COC(=O)Oc2ccc([N+](=O)[O-])cc2)O[C@@H](n2cnc3c(N)nc(F)nc32)C[C@@H]1OC(=O)Oc1ccc([N+](=O)[O-])cc1.Cc1oc(=O)oc1CO. The van der Waals surface area contributed by atoms with Gasteiger partial charge in [-0.1, -0.05) is 11.8 Å². The van der Waals surface area contributed by atoms with Crippen LogP contribution in [0.2, 0.25) is 0 Å². The summed E-state index contributed by atoms with van der Waals surface area (Å²) in [4.78, 5) is 126. The number of aromatic nitrogens is 8. The number of nitrogen functional groups attached to an aromatic ring is 2. The van der Waals surface area contributed by atoms with Crippen LogP contribution in [0.4, 0.5) is 51.0 Å². The van der Waals surface area contributed by atoms with Crippen molar-refractivity contribution in [1.29, 1.82) is 0 Å². The molecule has 0 radical (unpaired) electrons. The van der Waals surface area contributed by atoms with Gasteiger partial charge in [0, 0.05) is 37.1 Å². The first-order valence-electron chi connectivity index (χ1n) is 27.1. The maximum absolute atomic E-state index is 14.0. The van der Waals surface area contributed by atoms with Crippen molar-refractivity contribution in [3.63, 3.8) is 0 Å². The lowest BCUT2D eigenvalue weighted by atomic mass is 9.98. The normalized spacial score (nSPS) is 18.4. The molecule has 6 atom stereocenters. The Bertz CT molecular complexity index is 4730. The number of nitro groups is 2. The lowest BCUT2D eigenvalue weighted by Crippen LogP contribution is -2.46. The minimum atomic E-state index is -1.98. The number of carbonyl (C=O) groups is 4. The number of non-ortho nitro benzene ring substituents is 2. The summed E-state index contributed by atoms with van der Waals surface area (Å²) in [5.74, 6) is 1.78. The standard InChI is InChI=1S/C26H18FN7O11.C24H20FN5O13.C5H6O4/c1-2-26(12-41-24(35)42-16-7-3-14(4-8-16)33(37)38)18(44-25(36)43-17-9-5-15(6-10-17)34(39)40)11-19(45-26)32-13-29-20-21(28)30-23(27)31-22(20)32;1-4-24(8-37-20(31)35-6-12-10(2)38-22(33)40-12)14(42-21(32)36-7-13-11(3)39-23(34)41-13)5-15(43-24)30-9-27-16-17(26)28-19(25)29-18(16)30;1-3-4(2-6)9-5(7)8-3/h1,3-10,13,18-19H,11-12H2,(H2,28,30,31);1,9,14-15H,5-8H2,2-3H3,(H2,26,28,29);6H,2H2,1H3/t18-,19+,26+;14-,15+,24+;/m00./s1. The highest BCUT2D eigenvalue weighted by molar-refractivity contribution is 5.82. The van der Waals surface area contributed by atoms with Crippen molar-refractivity contribution in [1.82, 2.24) is 39.0 Å². The highest BCUT2D eigenvalue weighted by Gasteiger charge is 2.54. The van der Waals surface area contributed by atoms with Gasteiger partial charge in [-0.15, -0.1) is 12.8 Å². The van der Waals surface area contributed by atoms with E-state index in [2.05, 4.69) is 55.0 Å².